The maximum Gasteiger partial charge on any atom is 0.222 e. The van der Waals surface area contributed by atoms with Crippen molar-refractivity contribution >= 4 is 16.9 Å². The number of amides is 1. The molecule has 0 spiro atoms. The van der Waals surface area contributed by atoms with Gasteiger partial charge in [0, 0.05) is 25.4 Å². The number of rotatable bonds is 9. The Morgan fingerprint density at radius 1 is 1.30 bits per heavy atom. The lowest BCUT2D eigenvalue weighted by Crippen LogP contribution is -2.28. The van der Waals surface area contributed by atoms with Crippen molar-refractivity contribution < 1.29 is 4.79 Å². The lowest BCUT2D eigenvalue weighted by atomic mass is 10.1. The van der Waals surface area contributed by atoms with Crippen LogP contribution in [0.3, 0.4) is 0 Å². The number of nitrogens with zero attached hydrogens (tertiary/aromatic N) is 2. The minimum atomic E-state index is 0.0637. The maximum absolute atomic E-state index is 11.5. The number of unbranched alkanes of at least 4 members (excludes halogenated alkanes) is 2. The summed E-state index contributed by atoms with van der Waals surface area (Å²) in [5.41, 5.74) is 2.22. The monoisotopic (exact) mass is 313 g/mol. The van der Waals surface area contributed by atoms with E-state index in [-0.39, 0.29) is 11.8 Å². The summed E-state index contributed by atoms with van der Waals surface area (Å²) in [5, 5.41) is 2.96. The Hall–Kier alpha value is -2.10. The second-order valence-corrected chi connectivity index (χ2v) is 6.17. The van der Waals surface area contributed by atoms with Crippen LogP contribution in [0, 0.1) is 5.92 Å². The Labute approximate surface area is 138 Å². The molecule has 1 amide bonds. The molecule has 2 aromatic rings. The Kier molecular flexibility index (Phi) is 6.39. The van der Waals surface area contributed by atoms with Crippen molar-refractivity contribution in [1.29, 1.82) is 0 Å². The highest BCUT2D eigenvalue weighted by atomic mass is 16.1. The molecule has 124 valence electrons. The van der Waals surface area contributed by atoms with Crippen molar-refractivity contribution in [3.8, 4) is 0 Å². The van der Waals surface area contributed by atoms with Crippen LogP contribution < -0.4 is 5.32 Å². The molecule has 0 bridgehead atoms. The summed E-state index contributed by atoms with van der Waals surface area (Å²) in [5.74, 6) is 1.32. The first kappa shape index (κ1) is 17.3. The molecule has 0 aliphatic heterocycles. The number of imidazole rings is 1. The molecular weight excluding hydrogens is 286 g/mol. The molecular formula is C19H27N3O. The zero-order valence-electron chi connectivity index (χ0n) is 14.2. The van der Waals surface area contributed by atoms with Gasteiger partial charge in [-0.15, -0.1) is 6.58 Å². The van der Waals surface area contributed by atoms with Crippen molar-refractivity contribution in [3.05, 3.63) is 42.7 Å². The van der Waals surface area contributed by atoms with Gasteiger partial charge in [-0.3, -0.25) is 4.79 Å². The normalized spacial score (nSPS) is 11.1. The van der Waals surface area contributed by atoms with E-state index in [1.807, 2.05) is 32.1 Å². The average Bonchev–Trinajstić information content (AvgIpc) is 2.89. The second-order valence-electron chi connectivity index (χ2n) is 6.17. The molecule has 0 saturated heterocycles. The summed E-state index contributed by atoms with van der Waals surface area (Å²) in [6.07, 6.45) is 6.06. The van der Waals surface area contributed by atoms with Crippen molar-refractivity contribution in [1.82, 2.24) is 14.9 Å². The molecule has 0 fully saturated rings. The van der Waals surface area contributed by atoms with E-state index in [4.69, 9.17) is 4.98 Å². The molecule has 0 aliphatic rings. The van der Waals surface area contributed by atoms with E-state index in [2.05, 4.69) is 28.6 Å². The van der Waals surface area contributed by atoms with E-state index in [0.717, 1.165) is 50.1 Å². The first-order valence-corrected chi connectivity index (χ1v) is 8.46. The third-order valence-electron chi connectivity index (χ3n) is 3.95. The van der Waals surface area contributed by atoms with Crippen molar-refractivity contribution in [2.75, 3.05) is 6.54 Å². The van der Waals surface area contributed by atoms with E-state index in [1.54, 1.807) is 0 Å². The van der Waals surface area contributed by atoms with Gasteiger partial charge in [0.25, 0.3) is 0 Å². The van der Waals surface area contributed by atoms with Gasteiger partial charge in [0.05, 0.1) is 11.0 Å². The highest BCUT2D eigenvalue weighted by molar-refractivity contribution is 5.77. The number of carbonyl (C=O) groups excluding carboxylic acids is 1. The number of para-hydroxylation sites is 2. The van der Waals surface area contributed by atoms with Crippen LogP contribution in [0.15, 0.2) is 36.9 Å². The van der Waals surface area contributed by atoms with Crippen molar-refractivity contribution in [2.45, 2.75) is 46.1 Å². The standard InChI is InChI=1S/C19H27N3O/c1-4-14-22-17-11-8-7-10-16(17)21-18(22)12-6-5-9-13-20-19(23)15(2)3/h4,7-8,10-11,15H,1,5-6,9,12-14H2,2-3H3,(H,20,23). The minimum absolute atomic E-state index is 0.0637. The molecule has 0 saturated carbocycles. The summed E-state index contributed by atoms with van der Waals surface area (Å²) in [4.78, 5) is 16.2. The van der Waals surface area contributed by atoms with Crippen molar-refractivity contribution in [3.63, 3.8) is 0 Å². The van der Waals surface area contributed by atoms with Crippen LogP contribution in [0.2, 0.25) is 0 Å². The van der Waals surface area contributed by atoms with Gasteiger partial charge in [0.15, 0.2) is 0 Å². The number of benzene rings is 1. The van der Waals surface area contributed by atoms with Crippen molar-refractivity contribution in [2.24, 2.45) is 5.92 Å². The number of aromatic nitrogens is 2. The highest BCUT2D eigenvalue weighted by Crippen LogP contribution is 2.17. The van der Waals surface area contributed by atoms with Crippen LogP contribution in [-0.2, 0) is 17.8 Å². The number of hydrogen-bond donors (Lipinski definition) is 1. The summed E-state index contributed by atoms with van der Waals surface area (Å²) in [7, 11) is 0. The summed E-state index contributed by atoms with van der Waals surface area (Å²) in [6, 6.07) is 8.23. The van der Waals surface area contributed by atoms with Gasteiger partial charge in [0.2, 0.25) is 5.91 Å². The minimum Gasteiger partial charge on any atom is -0.356 e. The Bertz CT molecular complexity index is 658. The molecule has 0 atom stereocenters. The fraction of sp³-hybridized carbons (Fsp3) is 0.474. The summed E-state index contributed by atoms with van der Waals surface area (Å²) in [6.45, 7) is 9.23. The van der Waals surface area contributed by atoms with Crippen LogP contribution in [0.5, 0.6) is 0 Å². The predicted octanol–water partition coefficient (Wildman–Crippen LogP) is 3.71. The van der Waals surface area contributed by atoms with Crippen LogP contribution >= 0.6 is 0 Å². The summed E-state index contributed by atoms with van der Waals surface area (Å²) < 4.78 is 2.24. The molecule has 1 aromatic carbocycles. The zero-order valence-corrected chi connectivity index (χ0v) is 14.2. The Morgan fingerprint density at radius 2 is 2.09 bits per heavy atom. The van der Waals surface area contributed by atoms with Gasteiger partial charge in [-0.25, -0.2) is 4.98 Å². The van der Waals surface area contributed by atoms with Crippen LogP contribution in [0.25, 0.3) is 11.0 Å². The molecule has 4 heteroatoms. The largest absolute Gasteiger partial charge is 0.356 e. The van der Waals surface area contributed by atoms with Crippen LogP contribution in [-0.4, -0.2) is 22.0 Å². The first-order valence-electron chi connectivity index (χ1n) is 8.46. The molecule has 4 nitrogen and oxygen atoms in total. The maximum atomic E-state index is 11.5. The number of carbonyl (C=O) groups is 1. The second kappa shape index (κ2) is 8.51. The Balaban J connectivity index is 1.84. The fourth-order valence-corrected chi connectivity index (χ4v) is 2.65. The van der Waals surface area contributed by atoms with Gasteiger partial charge in [-0.2, -0.15) is 0 Å². The lowest BCUT2D eigenvalue weighted by Gasteiger charge is -2.08. The molecule has 1 aromatic heterocycles. The van der Waals surface area contributed by atoms with E-state index in [9.17, 15) is 4.79 Å². The van der Waals surface area contributed by atoms with E-state index < -0.39 is 0 Å². The topological polar surface area (TPSA) is 46.9 Å². The molecule has 0 radical (unpaired) electrons. The van der Waals surface area contributed by atoms with Crippen LogP contribution in [0.4, 0.5) is 0 Å². The number of nitrogens with one attached hydrogen (secondary N) is 1. The van der Waals surface area contributed by atoms with E-state index in [1.165, 1.54) is 5.52 Å². The quantitative estimate of drug-likeness (QED) is 0.567. The highest BCUT2D eigenvalue weighted by Gasteiger charge is 2.09. The summed E-state index contributed by atoms with van der Waals surface area (Å²) >= 11 is 0. The van der Waals surface area contributed by atoms with Crippen LogP contribution in [0.1, 0.15) is 38.9 Å². The first-order chi connectivity index (χ1) is 11.1. The number of aryl methyl sites for hydroxylation is 1. The van der Waals surface area contributed by atoms with E-state index in [0.29, 0.717) is 0 Å². The molecule has 0 unspecified atom stereocenters. The number of fused-ring (bicyclic) bond motifs is 1. The zero-order chi connectivity index (χ0) is 16.7. The van der Waals surface area contributed by atoms with Gasteiger partial charge in [-0.05, 0) is 25.0 Å². The molecule has 23 heavy (non-hydrogen) atoms. The van der Waals surface area contributed by atoms with Gasteiger partial charge in [0.1, 0.15) is 5.82 Å². The lowest BCUT2D eigenvalue weighted by molar-refractivity contribution is -0.123. The van der Waals surface area contributed by atoms with Gasteiger partial charge in [-0.1, -0.05) is 38.5 Å². The molecule has 0 aliphatic carbocycles. The average molecular weight is 313 g/mol. The number of allylic oxidation sites excluding steroid dienone is 1. The van der Waals surface area contributed by atoms with E-state index >= 15 is 0 Å². The smallest absolute Gasteiger partial charge is 0.222 e. The predicted molar refractivity (Wildman–Crippen MR) is 95.3 cm³/mol. The fourth-order valence-electron chi connectivity index (χ4n) is 2.65. The number of hydrogen-bond acceptors (Lipinski definition) is 2. The third-order valence-corrected chi connectivity index (χ3v) is 3.95. The molecule has 1 heterocycles. The third kappa shape index (κ3) is 4.68. The molecule has 2 rings (SSSR count). The Morgan fingerprint density at radius 3 is 2.83 bits per heavy atom. The SMILES string of the molecule is C=CCn1c(CCCCCNC(=O)C(C)C)nc2ccccc21. The van der Waals surface area contributed by atoms with Gasteiger partial charge >= 0.3 is 0 Å². The van der Waals surface area contributed by atoms with Gasteiger partial charge < -0.3 is 9.88 Å². The molecule has 1 N–H and O–H groups in total.